The molecule has 1 N–H and O–H groups in total. The van der Waals surface area contributed by atoms with Gasteiger partial charge in [0.2, 0.25) is 5.91 Å². The van der Waals surface area contributed by atoms with Crippen molar-refractivity contribution in [2.24, 2.45) is 0 Å². The van der Waals surface area contributed by atoms with Crippen LogP contribution in [0.3, 0.4) is 0 Å². The fraction of sp³-hybridized carbons (Fsp3) is 0.391. The highest BCUT2D eigenvalue weighted by molar-refractivity contribution is 7.22. The summed E-state index contributed by atoms with van der Waals surface area (Å²) in [5.74, 6) is 1.46. The first-order chi connectivity index (χ1) is 14.1. The molecule has 0 spiro atoms. The van der Waals surface area contributed by atoms with E-state index in [2.05, 4.69) is 23.3 Å². The SMILES string of the molecule is CCCCOc1ccc(CCC(=O)Nc2nc3ccc(C)cc3s2)cc1OCC. The van der Waals surface area contributed by atoms with Crippen LogP contribution in [0, 0.1) is 6.92 Å². The van der Waals surface area contributed by atoms with E-state index < -0.39 is 0 Å². The second kappa shape index (κ2) is 10.3. The van der Waals surface area contributed by atoms with Crippen LogP contribution in [-0.2, 0) is 11.2 Å². The highest BCUT2D eigenvalue weighted by Crippen LogP contribution is 2.30. The molecule has 5 nitrogen and oxygen atoms in total. The first kappa shape index (κ1) is 21.1. The predicted molar refractivity (Wildman–Crippen MR) is 119 cm³/mol. The van der Waals surface area contributed by atoms with Crippen LogP contribution >= 0.6 is 11.3 Å². The Labute approximate surface area is 176 Å². The maximum atomic E-state index is 12.4. The van der Waals surface area contributed by atoms with E-state index in [0.29, 0.717) is 31.2 Å². The number of carbonyl (C=O) groups is 1. The summed E-state index contributed by atoms with van der Waals surface area (Å²) in [4.78, 5) is 16.9. The zero-order valence-electron chi connectivity index (χ0n) is 17.3. The van der Waals surface area contributed by atoms with Crippen molar-refractivity contribution in [3.05, 3.63) is 47.5 Å². The van der Waals surface area contributed by atoms with Crippen LogP contribution in [0.1, 0.15) is 44.2 Å². The number of aryl methyl sites for hydroxylation is 2. The van der Waals surface area contributed by atoms with Crippen molar-refractivity contribution in [3.8, 4) is 11.5 Å². The maximum absolute atomic E-state index is 12.4. The second-order valence-corrected chi connectivity index (χ2v) is 7.99. The number of nitrogens with one attached hydrogen (secondary N) is 1. The number of thiazole rings is 1. The van der Waals surface area contributed by atoms with Crippen LogP contribution in [0.15, 0.2) is 36.4 Å². The van der Waals surface area contributed by atoms with Gasteiger partial charge in [-0.25, -0.2) is 4.98 Å². The molecule has 1 heterocycles. The van der Waals surface area contributed by atoms with Crippen LogP contribution in [0.4, 0.5) is 5.13 Å². The van der Waals surface area contributed by atoms with Crippen molar-refractivity contribution in [1.82, 2.24) is 4.98 Å². The van der Waals surface area contributed by atoms with Crippen LogP contribution in [0.5, 0.6) is 11.5 Å². The van der Waals surface area contributed by atoms with E-state index in [-0.39, 0.29) is 5.91 Å². The minimum atomic E-state index is -0.0398. The highest BCUT2D eigenvalue weighted by atomic mass is 32.1. The van der Waals surface area contributed by atoms with Gasteiger partial charge in [-0.1, -0.05) is 36.8 Å². The van der Waals surface area contributed by atoms with Gasteiger partial charge in [0.1, 0.15) is 0 Å². The molecule has 3 rings (SSSR count). The second-order valence-electron chi connectivity index (χ2n) is 6.95. The fourth-order valence-electron chi connectivity index (χ4n) is 2.95. The summed E-state index contributed by atoms with van der Waals surface area (Å²) >= 11 is 1.50. The van der Waals surface area contributed by atoms with Crippen molar-refractivity contribution in [2.75, 3.05) is 18.5 Å². The fourth-order valence-corrected chi connectivity index (χ4v) is 3.93. The first-order valence-electron chi connectivity index (χ1n) is 10.1. The Balaban J connectivity index is 1.58. The average molecular weight is 413 g/mol. The van der Waals surface area contributed by atoms with Gasteiger partial charge >= 0.3 is 0 Å². The Morgan fingerprint density at radius 3 is 2.76 bits per heavy atom. The Bertz CT molecular complexity index is 968. The van der Waals surface area contributed by atoms with E-state index in [1.807, 2.05) is 44.2 Å². The molecular weight excluding hydrogens is 384 g/mol. The molecule has 6 heteroatoms. The Morgan fingerprint density at radius 2 is 1.97 bits per heavy atom. The third-order valence-electron chi connectivity index (χ3n) is 4.49. The quantitative estimate of drug-likeness (QED) is 0.431. The molecule has 0 aliphatic rings. The number of aromatic nitrogens is 1. The summed E-state index contributed by atoms with van der Waals surface area (Å²) in [6, 6.07) is 12.0. The molecule has 1 aromatic heterocycles. The van der Waals surface area contributed by atoms with Crippen LogP contribution in [-0.4, -0.2) is 24.1 Å². The number of ether oxygens (including phenoxy) is 2. The number of rotatable bonds is 10. The van der Waals surface area contributed by atoms with Crippen molar-refractivity contribution >= 4 is 32.6 Å². The van der Waals surface area contributed by atoms with E-state index in [9.17, 15) is 4.79 Å². The molecule has 0 saturated heterocycles. The van der Waals surface area contributed by atoms with Gasteiger partial charge in [0.25, 0.3) is 0 Å². The number of hydrogen-bond acceptors (Lipinski definition) is 5. The molecule has 0 saturated carbocycles. The molecule has 0 aliphatic heterocycles. The van der Waals surface area contributed by atoms with Crippen LogP contribution in [0.2, 0.25) is 0 Å². The lowest BCUT2D eigenvalue weighted by molar-refractivity contribution is -0.116. The lowest BCUT2D eigenvalue weighted by Gasteiger charge is -2.13. The summed E-state index contributed by atoms with van der Waals surface area (Å²) in [6.45, 7) is 7.39. The summed E-state index contributed by atoms with van der Waals surface area (Å²) < 4.78 is 12.6. The molecule has 0 unspecified atom stereocenters. The standard InChI is InChI=1S/C23H28N2O3S/c1-4-6-13-28-19-11-8-17(15-20(19)27-5-2)9-12-22(26)25-23-24-18-10-7-16(3)14-21(18)29-23/h7-8,10-11,14-15H,4-6,9,12-13H2,1-3H3,(H,24,25,26). The van der Waals surface area contributed by atoms with Crippen molar-refractivity contribution in [3.63, 3.8) is 0 Å². The topological polar surface area (TPSA) is 60.5 Å². The van der Waals surface area contributed by atoms with E-state index in [4.69, 9.17) is 9.47 Å². The summed E-state index contributed by atoms with van der Waals surface area (Å²) in [7, 11) is 0. The number of unbranched alkanes of at least 4 members (excludes halogenated alkanes) is 1. The van der Waals surface area contributed by atoms with E-state index in [1.165, 1.54) is 16.9 Å². The Hall–Kier alpha value is -2.60. The number of fused-ring (bicyclic) bond motifs is 1. The maximum Gasteiger partial charge on any atom is 0.226 e. The van der Waals surface area contributed by atoms with Gasteiger partial charge in [0.05, 0.1) is 23.4 Å². The minimum absolute atomic E-state index is 0.0398. The number of nitrogens with zero attached hydrogens (tertiary/aromatic N) is 1. The largest absolute Gasteiger partial charge is 0.490 e. The molecule has 154 valence electrons. The Morgan fingerprint density at radius 1 is 1.10 bits per heavy atom. The minimum Gasteiger partial charge on any atom is -0.490 e. The molecule has 29 heavy (non-hydrogen) atoms. The number of hydrogen-bond donors (Lipinski definition) is 1. The Kier molecular flexibility index (Phi) is 7.47. The van der Waals surface area contributed by atoms with E-state index in [0.717, 1.165) is 40.1 Å². The van der Waals surface area contributed by atoms with Gasteiger partial charge in [-0.15, -0.1) is 0 Å². The van der Waals surface area contributed by atoms with Gasteiger partial charge in [-0.05, 0) is 62.1 Å². The molecule has 2 aromatic carbocycles. The predicted octanol–water partition coefficient (Wildman–Crippen LogP) is 5.75. The lowest BCUT2D eigenvalue weighted by atomic mass is 10.1. The molecule has 1 amide bonds. The van der Waals surface area contributed by atoms with E-state index >= 15 is 0 Å². The zero-order chi connectivity index (χ0) is 20.6. The first-order valence-corrected chi connectivity index (χ1v) is 11.0. The molecular formula is C23H28N2O3S. The average Bonchev–Trinajstić information content (AvgIpc) is 3.09. The van der Waals surface area contributed by atoms with Gasteiger partial charge in [-0.3, -0.25) is 4.79 Å². The number of benzene rings is 2. The lowest BCUT2D eigenvalue weighted by Crippen LogP contribution is -2.12. The van der Waals surface area contributed by atoms with Crippen molar-refractivity contribution in [2.45, 2.75) is 46.5 Å². The van der Waals surface area contributed by atoms with Gasteiger partial charge in [0, 0.05) is 6.42 Å². The molecule has 0 atom stereocenters. The zero-order valence-corrected chi connectivity index (χ0v) is 18.1. The number of carbonyl (C=O) groups excluding carboxylic acids is 1. The van der Waals surface area contributed by atoms with Crippen molar-refractivity contribution < 1.29 is 14.3 Å². The summed E-state index contributed by atoms with van der Waals surface area (Å²) in [6.07, 6.45) is 3.12. The van der Waals surface area contributed by atoms with Gasteiger partial charge in [-0.2, -0.15) is 0 Å². The third-order valence-corrected chi connectivity index (χ3v) is 5.43. The molecule has 0 radical (unpaired) electrons. The monoisotopic (exact) mass is 412 g/mol. The smallest absolute Gasteiger partial charge is 0.226 e. The molecule has 0 bridgehead atoms. The van der Waals surface area contributed by atoms with Crippen LogP contribution in [0.25, 0.3) is 10.2 Å². The molecule has 0 aliphatic carbocycles. The molecule has 3 aromatic rings. The number of anilines is 1. The van der Waals surface area contributed by atoms with Gasteiger partial charge < -0.3 is 14.8 Å². The normalized spacial score (nSPS) is 10.9. The molecule has 0 fully saturated rings. The number of amides is 1. The van der Waals surface area contributed by atoms with Crippen LogP contribution < -0.4 is 14.8 Å². The highest BCUT2D eigenvalue weighted by Gasteiger charge is 2.11. The summed E-state index contributed by atoms with van der Waals surface area (Å²) in [5, 5.41) is 3.56. The van der Waals surface area contributed by atoms with E-state index in [1.54, 1.807) is 0 Å². The van der Waals surface area contributed by atoms with Crippen molar-refractivity contribution in [1.29, 1.82) is 0 Å². The third kappa shape index (κ3) is 5.94. The summed E-state index contributed by atoms with van der Waals surface area (Å²) in [5.41, 5.74) is 3.15. The van der Waals surface area contributed by atoms with Gasteiger partial charge in [0.15, 0.2) is 16.6 Å².